The van der Waals surface area contributed by atoms with Crippen molar-refractivity contribution in [3.05, 3.63) is 54.1 Å². The largest absolute Gasteiger partial charge is 0.229 e. The van der Waals surface area contributed by atoms with Crippen LogP contribution in [0.25, 0.3) is 11.1 Å². The summed E-state index contributed by atoms with van der Waals surface area (Å²) < 4.78 is 0.845. The maximum absolute atomic E-state index is 2.31. The molecule has 0 N–H and O–H groups in total. The highest BCUT2D eigenvalue weighted by Gasteiger charge is 2.33. The molecule has 1 aliphatic rings. The van der Waals surface area contributed by atoms with Crippen LogP contribution in [-0.2, 0) is 0 Å². The van der Waals surface area contributed by atoms with E-state index in [4.69, 9.17) is 0 Å². The lowest BCUT2D eigenvalue weighted by Crippen LogP contribution is -2.51. The fourth-order valence-corrected chi connectivity index (χ4v) is 3.36. The van der Waals surface area contributed by atoms with Gasteiger partial charge in [0.25, 0.3) is 0 Å². The summed E-state index contributed by atoms with van der Waals surface area (Å²) in [5, 5.41) is 5.88. The highest BCUT2D eigenvalue weighted by molar-refractivity contribution is 7.14. The Hall–Kier alpha value is -1.58. The first-order valence-electron chi connectivity index (χ1n) is 6.10. The lowest BCUT2D eigenvalue weighted by molar-refractivity contribution is 0.125. The molecule has 0 bridgehead atoms. The predicted octanol–water partition coefficient (Wildman–Crippen LogP) is 3.73. The number of hydrogen-bond acceptors (Lipinski definition) is 2. The molecule has 0 radical (unpaired) electrons. The Kier molecular flexibility index (Phi) is 2.73. The normalized spacial score (nSPS) is 22.7. The molecule has 0 amide bonds. The Morgan fingerprint density at radius 3 is 2.61 bits per heavy atom. The maximum atomic E-state index is 2.31. The topological polar surface area (TPSA) is 3.24 Å². The number of likely N-dealkylation sites (N-methyl/N-ethyl adjacent to an activating group) is 1. The average molecular weight is 257 g/mol. The van der Waals surface area contributed by atoms with Gasteiger partial charge in [-0.1, -0.05) is 41.7 Å². The van der Waals surface area contributed by atoms with E-state index in [2.05, 4.69) is 73.2 Å². The molecule has 0 saturated heterocycles. The van der Waals surface area contributed by atoms with Crippen LogP contribution >= 0.6 is 11.3 Å². The summed E-state index contributed by atoms with van der Waals surface area (Å²) in [4.78, 5) is 0. The van der Waals surface area contributed by atoms with Crippen molar-refractivity contribution in [3.63, 3.8) is 0 Å². The molecule has 1 unspecified atom stereocenters. The maximum Gasteiger partial charge on any atom is 0.213 e. The van der Waals surface area contributed by atoms with Crippen molar-refractivity contribution in [1.29, 1.82) is 0 Å². The van der Waals surface area contributed by atoms with E-state index >= 15 is 0 Å². The molecule has 0 aliphatic carbocycles. The van der Waals surface area contributed by atoms with E-state index < -0.39 is 0 Å². The lowest BCUT2D eigenvalue weighted by atomic mass is 10.1. The van der Waals surface area contributed by atoms with Gasteiger partial charge in [0.1, 0.15) is 6.54 Å². The zero-order valence-corrected chi connectivity index (χ0v) is 11.5. The molecule has 3 heteroatoms. The van der Waals surface area contributed by atoms with Gasteiger partial charge >= 0.3 is 0 Å². The van der Waals surface area contributed by atoms with Crippen LogP contribution in [0.5, 0.6) is 0 Å². The fraction of sp³-hybridized carbons (Fsp3) is 0.200. The number of rotatable bonds is 2. The predicted molar refractivity (Wildman–Crippen MR) is 79.2 cm³/mol. The summed E-state index contributed by atoms with van der Waals surface area (Å²) in [6.07, 6.45) is 4.38. The molecule has 1 atom stereocenters. The Morgan fingerprint density at radius 1 is 1.17 bits per heavy atom. The number of quaternary nitrogens is 1. The number of hydrogen-bond donors (Lipinski definition) is 0. The molecular formula is C15H17N2S+. The monoisotopic (exact) mass is 257 g/mol. The van der Waals surface area contributed by atoms with Gasteiger partial charge in [-0.2, -0.15) is 4.59 Å². The summed E-state index contributed by atoms with van der Waals surface area (Å²) in [6.45, 7) is 1.03. The minimum absolute atomic E-state index is 0.845. The SMILES string of the molecule is CN1C=CC[N+]1(C)c1cc(-c2ccccc2)cs1. The Bertz CT molecular complexity index is 573. The van der Waals surface area contributed by atoms with Crippen LogP contribution in [-0.4, -0.2) is 25.6 Å². The molecule has 1 aromatic carbocycles. The van der Waals surface area contributed by atoms with Crippen molar-refractivity contribution in [2.45, 2.75) is 0 Å². The van der Waals surface area contributed by atoms with Crippen LogP contribution in [0.15, 0.2) is 54.1 Å². The first-order valence-corrected chi connectivity index (χ1v) is 6.98. The summed E-state index contributed by atoms with van der Waals surface area (Å²) >= 11 is 1.83. The van der Waals surface area contributed by atoms with Crippen LogP contribution in [0.1, 0.15) is 0 Å². The lowest BCUT2D eigenvalue weighted by Gasteiger charge is -2.33. The Labute approximate surface area is 112 Å². The number of thiophene rings is 1. The Balaban J connectivity index is 1.95. The average Bonchev–Trinajstić information content (AvgIpc) is 3.00. The zero-order valence-electron chi connectivity index (χ0n) is 10.7. The highest BCUT2D eigenvalue weighted by atomic mass is 32.1. The van der Waals surface area contributed by atoms with Crippen molar-refractivity contribution in [1.82, 2.24) is 9.60 Å². The van der Waals surface area contributed by atoms with E-state index in [9.17, 15) is 0 Å². The van der Waals surface area contributed by atoms with E-state index in [1.165, 1.54) is 16.1 Å². The Morgan fingerprint density at radius 2 is 1.94 bits per heavy atom. The summed E-state index contributed by atoms with van der Waals surface area (Å²) in [6, 6.07) is 12.9. The molecule has 18 heavy (non-hydrogen) atoms. The van der Waals surface area contributed by atoms with Gasteiger partial charge in [-0.25, -0.2) is 5.01 Å². The highest BCUT2D eigenvalue weighted by Crippen LogP contribution is 2.36. The van der Waals surface area contributed by atoms with Gasteiger partial charge in [0.05, 0.1) is 20.3 Å². The molecule has 2 heterocycles. The fourth-order valence-electron chi connectivity index (χ4n) is 2.29. The molecule has 2 aromatic rings. The molecule has 1 aliphatic heterocycles. The van der Waals surface area contributed by atoms with E-state index in [1.54, 1.807) is 0 Å². The van der Waals surface area contributed by atoms with E-state index in [-0.39, 0.29) is 0 Å². The number of nitrogens with zero attached hydrogens (tertiary/aromatic N) is 2. The summed E-state index contributed by atoms with van der Waals surface area (Å²) in [5.41, 5.74) is 2.61. The summed E-state index contributed by atoms with van der Waals surface area (Å²) in [7, 11) is 4.38. The molecule has 0 saturated carbocycles. The quantitative estimate of drug-likeness (QED) is 0.741. The van der Waals surface area contributed by atoms with Crippen LogP contribution in [0.2, 0.25) is 0 Å². The minimum Gasteiger partial charge on any atom is -0.229 e. The van der Waals surface area contributed by atoms with Gasteiger partial charge in [-0.05, 0) is 17.2 Å². The van der Waals surface area contributed by atoms with Gasteiger partial charge in [-0.3, -0.25) is 0 Å². The van der Waals surface area contributed by atoms with Crippen LogP contribution < -0.4 is 4.59 Å². The van der Waals surface area contributed by atoms with Gasteiger partial charge in [0.15, 0.2) is 0 Å². The third-order valence-electron chi connectivity index (χ3n) is 3.65. The number of benzene rings is 1. The van der Waals surface area contributed by atoms with E-state index in [1.807, 2.05) is 11.3 Å². The second kappa shape index (κ2) is 4.26. The van der Waals surface area contributed by atoms with Crippen LogP contribution in [0.3, 0.4) is 0 Å². The van der Waals surface area contributed by atoms with Crippen molar-refractivity contribution < 1.29 is 0 Å². The van der Waals surface area contributed by atoms with Crippen LogP contribution in [0.4, 0.5) is 5.00 Å². The third-order valence-corrected chi connectivity index (χ3v) is 4.77. The molecule has 92 valence electrons. The third kappa shape index (κ3) is 1.76. The molecular weight excluding hydrogens is 240 g/mol. The summed E-state index contributed by atoms with van der Waals surface area (Å²) in [5.74, 6) is 0. The molecule has 0 spiro atoms. The molecule has 2 nitrogen and oxygen atoms in total. The smallest absolute Gasteiger partial charge is 0.213 e. The molecule has 0 fully saturated rings. The van der Waals surface area contributed by atoms with Gasteiger partial charge in [0.2, 0.25) is 5.00 Å². The van der Waals surface area contributed by atoms with Gasteiger partial charge < -0.3 is 0 Å². The van der Waals surface area contributed by atoms with Crippen LogP contribution in [0, 0.1) is 0 Å². The van der Waals surface area contributed by atoms with Gasteiger partial charge in [0, 0.05) is 11.4 Å². The standard InChI is InChI=1S/C15H17N2S/c1-16-9-6-10-17(16,2)15-11-14(12-18-15)13-7-4-3-5-8-13/h3-9,11-12H,10H2,1-2H3/q+1. The first kappa shape index (κ1) is 11.5. The van der Waals surface area contributed by atoms with Crippen molar-refractivity contribution >= 4 is 16.3 Å². The van der Waals surface area contributed by atoms with E-state index in [0.29, 0.717) is 0 Å². The second-order valence-electron chi connectivity index (χ2n) is 4.82. The van der Waals surface area contributed by atoms with Crippen molar-refractivity contribution in [3.8, 4) is 11.1 Å². The zero-order chi connectivity index (χ0) is 12.6. The van der Waals surface area contributed by atoms with Gasteiger partial charge in [-0.15, -0.1) is 0 Å². The second-order valence-corrected chi connectivity index (χ2v) is 5.71. The first-order chi connectivity index (χ1) is 8.70. The van der Waals surface area contributed by atoms with E-state index in [0.717, 1.165) is 11.1 Å². The van der Waals surface area contributed by atoms with Crippen molar-refractivity contribution in [2.24, 2.45) is 0 Å². The molecule has 3 rings (SSSR count). The van der Waals surface area contributed by atoms with Crippen molar-refractivity contribution in [2.75, 3.05) is 20.6 Å². The molecule has 1 aromatic heterocycles. The minimum atomic E-state index is 0.845.